The average Bonchev–Trinajstić information content (AvgIpc) is 2.64. The molecule has 1 heterocycles. The standard InChI is InChI=1S/C18H24F3N3O4/c1-13(22-17(26)27)16(25)24-10-8-23(9-11-24)7-2-12-28-15-5-3-14(4-6-15)18(19,20)21/h3-6,13,22H,2,7-12H2,1H3,(H,26,27)/t13-/m1/s1. The number of alkyl halides is 3. The summed E-state index contributed by atoms with van der Waals surface area (Å²) in [5, 5.41) is 10.8. The fraction of sp³-hybridized carbons (Fsp3) is 0.556. The Kier molecular flexibility index (Phi) is 7.50. The molecule has 0 aliphatic carbocycles. The van der Waals surface area contributed by atoms with Gasteiger partial charge in [-0.1, -0.05) is 0 Å². The third kappa shape index (κ3) is 6.59. The first-order chi connectivity index (χ1) is 13.2. The number of halogens is 3. The van der Waals surface area contributed by atoms with E-state index < -0.39 is 23.9 Å². The zero-order valence-corrected chi connectivity index (χ0v) is 15.5. The number of amides is 2. The minimum absolute atomic E-state index is 0.243. The molecule has 2 N–H and O–H groups in total. The first-order valence-corrected chi connectivity index (χ1v) is 8.97. The number of piperazine rings is 1. The second kappa shape index (κ2) is 9.63. The van der Waals surface area contributed by atoms with Gasteiger partial charge in [-0.3, -0.25) is 9.69 Å². The van der Waals surface area contributed by atoms with Gasteiger partial charge in [0.05, 0.1) is 12.2 Å². The third-order valence-corrected chi connectivity index (χ3v) is 4.46. The largest absolute Gasteiger partial charge is 0.494 e. The van der Waals surface area contributed by atoms with E-state index >= 15 is 0 Å². The second-order valence-electron chi connectivity index (χ2n) is 6.56. The Morgan fingerprint density at radius 2 is 1.79 bits per heavy atom. The van der Waals surface area contributed by atoms with Crippen molar-refractivity contribution in [2.75, 3.05) is 39.3 Å². The normalized spacial score (nSPS) is 16.5. The van der Waals surface area contributed by atoms with Gasteiger partial charge in [0.1, 0.15) is 11.8 Å². The van der Waals surface area contributed by atoms with E-state index in [1.807, 2.05) is 0 Å². The van der Waals surface area contributed by atoms with Gasteiger partial charge in [-0.05, 0) is 37.6 Å². The van der Waals surface area contributed by atoms with Crippen molar-refractivity contribution in [1.82, 2.24) is 15.1 Å². The van der Waals surface area contributed by atoms with Gasteiger partial charge in [0.2, 0.25) is 5.91 Å². The van der Waals surface area contributed by atoms with Crippen LogP contribution >= 0.6 is 0 Å². The Balaban J connectivity index is 1.65. The van der Waals surface area contributed by atoms with Gasteiger partial charge in [-0.25, -0.2) is 4.79 Å². The Hall–Kier alpha value is -2.49. The minimum atomic E-state index is -4.36. The van der Waals surface area contributed by atoms with E-state index in [4.69, 9.17) is 9.84 Å². The van der Waals surface area contributed by atoms with Crippen molar-refractivity contribution in [3.8, 4) is 5.75 Å². The molecular formula is C18H24F3N3O4. The lowest BCUT2D eigenvalue weighted by Crippen LogP contribution is -2.54. The van der Waals surface area contributed by atoms with Gasteiger partial charge in [0.15, 0.2) is 0 Å². The summed E-state index contributed by atoms with van der Waals surface area (Å²) in [7, 11) is 0. The third-order valence-electron chi connectivity index (χ3n) is 4.46. The van der Waals surface area contributed by atoms with Crippen molar-refractivity contribution in [3.63, 3.8) is 0 Å². The summed E-state index contributed by atoms with van der Waals surface area (Å²) < 4.78 is 43.0. The number of carbonyl (C=O) groups is 2. The molecule has 0 spiro atoms. The molecule has 2 rings (SSSR count). The molecule has 0 aromatic heterocycles. The molecule has 28 heavy (non-hydrogen) atoms. The molecule has 1 aromatic rings. The predicted molar refractivity (Wildman–Crippen MR) is 95.2 cm³/mol. The van der Waals surface area contributed by atoms with E-state index in [1.54, 1.807) is 4.90 Å². The summed E-state index contributed by atoms with van der Waals surface area (Å²) in [4.78, 5) is 26.5. The van der Waals surface area contributed by atoms with Crippen LogP contribution in [0.4, 0.5) is 18.0 Å². The molecule has 0 radical (unpaired) electrons. The number of nitrogens with zero attached hydrogens (tertiary/aromatic N) is 2. The highest BCUT2D eigenvalue weighted by Gasteiger charge is 2.30. The molecule has 0 bridgehead atoms. The number of hydrogen-bond acceptors (Lipinski definition) is 4. The maximum absolute atomic E-state index is 12.5. The highest BCUT2D eigenvalue weighted by Crippen LogP contribution is 2.30. The number of benzene rings is 1. The molecule has 1 aliphatic rings. The van der Waals surface area contributed by atoms with E-state index in [1.165, 1.54) is 19.1 Å². The molecular weight excluding hydrogens is 379 g/mol. The van der Waals surface area contributed by atoms with Crippen molar-refractivity contribution >= 4 is 12.0 Å². The molecule has 0 unspecified atom stereocenters. The van der Waals surface area contributed by atoms with Crippen LogP contribution in [0.5, 0.6) is 5.75 Å². The number of carboxylic acid groups (broad SMARTS) is 1. The molecule has 1 saturated heterocycles. The van der Waals surface area contributed by atoms with E-state index in [0.29, 0.717) is 45.0 Å². The first-order valence-electron chi connectivity index (χ1n) is 8.97. The average molecular weight is 403 g/mol. The zero-order chi connectivity index (χ0) is 20.7. The summed E-state index contributed by atoms with van der Waals surface area (Å²) in [5.74, 6) is 0.149. The summed E-state index contributed by atoms with van der Waals surface area (Å²) in [6, 6.07) is 3.82. The highest BCUT2D eigenvalue weighted by molar-refractivity contribution is 5.85. The van der Waals surface area contributed by atoms with Crippen LogP contribution in [0.2, 0.25) is 0 Å². The lowest BCUT2D eigenvalue weighted by molar-refractivity contribution is -0.137. The number of hydrogen-bond donors (Lipinski definition) is 2. The molecule has 1 atom stereocenters. The van der Waals surface area contributed by atoms with E-state index in [2.05, 4.69) is 10.2 Å². The van der Waals surface area contributed by atoms with Crippen molar-refractivity contribution in [3.05, 3.63) is 29.8 Å². The Bertz CT molecular complexity index is 659. The fourth-order valence-electron chi connectivity index (χ4n) is 2.93. The topological polar surface area (TPSA) is 82.1 Å². The van der Waals surface area contributed by atoms with Gasteiger partial charge in [-0.15, -0.1) is 0 Å². The number of ether oxygens (including phenoxy) is 1. The van der Waals surface area contributed by atoms with Gasteiger partial charge >= 0.3 is 12.3 Å². The van der Waals surface area contributed by atoms with Gasteiger partial charge in [-0.2, -0.15) is 13.2 Å². The smallest absolute Gasteiger partial charge is 0.416 e. The second-order valence-corrected chi connectivity index (χ2v) is 6.56. The van der Waals surface area contributed by atoms with Crippen LogP contribution in [-0.2, 0) is 11.0 Å². The molecule has 1 aromatic carbocycles. The van der Waals surface area contributed by atoms with Crippen LogP contribution in [0.3, 0.4) is 0 Å². The Morgan fingerprint density at radius 1 is 1.18 bits per heavy atom. The Morgan fingerprint density at radius 3 is 2.32 bits per heavy atom. The number of carbonyl (C=O) groups excluding carboxylic acids is 1. The highest BCUT2D eigenvalue weighted by atomic mass is 19.4. The predicted octanol–water partition coefficient (Wildman–Crippen LogP) is 2.27. The lowest BCUT2D eigenvalue weighted by Gasteiger charge is -2.35. The van der Waals surface area contributed by atoms with E-state index in [0.717, 1.165) is 18.7 Å². The quantitative estimate of drug-likeness (QED) is 0.683. The zero-order valence-electron chi connectivity index (χ0n) is 15.5. The van der Waals surface area contributed by atoms with Crippen molar-refractivity contribution in [2.45, 2.75) is 25.6 Å². The van der Waals surface area contributed by atoms with Crippen molar-refractivity contribution in [1.29, 1.82) is 0 Å². The molecule has 7 nitrogen and oxygen atoms in total. The minimum Gasteiger partial charge on any atom is -0.494 e. The molecule has 156 valence electrons. The van der Waals surface area contributed by atoms with Gasteiger partial charge < -0.3 is 20.1 Å². The van der Waals surface area contributed by atoms with E-state index in [9.17, 15) is 22.8 Å². The van der Waals surface area contributed by atoms with Crippen LogP contribution < -0.4 is 10.1 Å². The van der Waals surface area contributed by atoms with Crippen LogP contribution in [0.1, 0.15) is 18.9 Å². The van der Waals surface area contributed by atoms with E-state index in [-0.39, 0.29) is 5.91 Å². The van der Waals surface area contributed by atoms with Gasteiger partial charge in [0, 0.05) is 32.7 Å². The SMILES string of the molecule is C[C@@H](NC(=O)O)C(=O)N1CCN(CCCOc2ccc(C(F)(F)F)cc2)CC1. The van der Waals surface area contributed by atoms with Crippen molar-refractivity contribution in [2.24, 2.45) is 0 Å². The molecule has 2 amide bonds. The van der Waals surface area contributed by atoms with Crippen LogP contribution in [-0.4, -0.2) is 72.3 Å². The molecule has 10 heteroatoms. The molecule has 1 fully saturated rings. The maximum atomic E-state index is 12.5. The van der Waals surface area contributed by atoms with Crippen LogP contribution in [0.25, 0.3) is 0 Å². The monoisotopic (exact) mass is 403 g/mol. The summed E-state index contributed by atoms with van der Waals surface area (Å²) in [6.07, 6.45) is -4.89. The van der Waals surface area contributed by atoms with Gasteiger partial charge in [0.25, 0.3) is 0 Å². The first kappa shape index (κ1) is 21.8. The maximum Gasteiger partial charge on any atom is 0.416 e. The Labute approximate surface area is 161 Å². The number of rotatable bonds is 7. The summed E-state index contributed by atoms with van der Waals surface area (Å²) in [6.45, 7) is 5.02. The lowest BCUT2D eigenvalue weighted by atomic mass is 10.2. The molecule has 0 saturated carbocycles. The van der Waals surface area contributed by atoms with Crippen LogP contribution in [0, 0.1) is 0 Å². The summed E-state index contributed by atoms with van der Waals surface area (Å²) >= 11 is 0. The molecule has 1 aliphatic heterocycles. The number of nitrogens with one attached hydrogen (secondary N) is 1. The van der Waals surface area contributed by atoms with Crippen LogP contribution in [0.15, 0.2) is 24.3 Å². The fourth-order valence-corrected chi connectivity index (χ4v) is 2.93. The summed E-state index contributed by atoms with van der Waals surface area (Å²) in [5.41, 5.74) is -0.708. The van der Waals surface area contributed by atoms with Crippen molar-refractivity contribution < 1.29 is 32.6 Å².